The molecule has 8 heteroatoms. The van der Waals surface area contributed by atoms with Gasteiger partial charge in [-0.25, -0.2) is 4.79 Å². The number of fused-ring (bicyclic) bond motifs is 2. The van der Waals surface area contributed by atoms with Crippen molar-refractivity contribution in [2.24, 2.45) is 5.92 Å². The molecule has 3 unspecified atom stereocenters. The topological polar surface area (TPSA) is 108 Å². The second-order valence-corrected chi connectivity index (χ2v) is 8.31. The highest BCUT2D eigenvalue weighted by Gasteiger charge is 2.43. The first-order chi connectivity index (χ1) is 14.9. The molecule has 2 aliphatic rings. The molecule has 0 aliphatic carbocycles. The minimum Gasteiger partial charge on any atom is -0.480 e. The third kappa shape index (κ3) is 4.02. The van der Waals surface area contributed by atoms with E-state index >= 15 is 0 Å². The molecule has 162 valence electrons. The van der Waals surface area contributed by atoms with Crippen LogP contribution in [0.2, 0.25) is 0 Å². The Morgan fingerprint density at radius 1 is 1.10 bits per heavy atom. The lowest BCUT2D eigenvalue weighted by molar-refractivity contribution is -0.161. The predicted octanol–water partition coefficient (Wildman–Crippen LogP) is 2.12. The van der Waals surface area contributed by atoms with Crippen LogP contribution < -0.4 is 0 Å². The van der Waals surface area contributed by atoms with Crippen molar-refractivity contribution in [2.75, 3.05) is 13.1 Å². The summed E-state index contributed by atoms with van der Waals surface area (Å²) in [6.45, 7) is 1.70. The summed E-state index contributed by atoms with van der Waals surface area (Å²) < 4.78 is 0. The number of pyridine rings is 1. The van der Waals surface area contributed by atoms with Crippen LogP contribution in [-0.2, 0) is 14.4 Å². The minimum atomic E-state index is -1.14. The predicted molar refractivity (Wildman–Crippen MR) is 112 cm³/mol. The van der Waals surface area contributed by atoms with Crippen molar-refractivity contribution in [3.63, 3.8) is 0 Å². The molecule has 3 atom stereocenters. The molecule has 3 heterocycles. The molecular weight excluding hydrogens is 398 g/mol. The van der Waals surface area contributed by atoms with Crippen LogP contribution in [-0.4, -0.2) is 68.6 Å². The lowest BCUT2D eigenvalue weighted by Crippen LogP contribution is -2.64. The van der Waals surface area contributed by atoms with Crippen molar-refractivity contribution >= 4 is 34.3 Å². The maximum Gasteiger partial charge on any atom is 0.328 e. The van der Waals surface area contributed by atoms with E-state index in [0.29, 0.717) is 31.5 Å². The molecule has 0 saturated carbocycles. The van der Waals surface area contributed by atoms with Crippen LogP contribution in [0.3, 0.4) is 0 Å². The SMILES string of the molecule is CC(=O)N1CC2CCCC(C(=O)c3nccc4ccccc34)CC(=O)N2C(C(=O)O)C1. The van der Waals surface area contributed by atoms with Gasteiger partial charge in [0.2, 0.25) is 11.8 Å². The monoisotopic (exact) mass is 423 g/mol. The van der Waals surface area contributed by atoms with E-state index in [9.17, 15) is 24.3 Å². The Morgan fingerprint density at radius 2 is 1.87 bits per heavy atom. The lowest BCUT2D eigenvalue weighted by atomic mass is 9.86. The first kappa shape index (κ1) is 21.0. The molecule has 2 aliphatic heterocycles. The molecule has 2 saturated heterocycles. The van der Waals surface area contributed by atoms with Gasteiger partial charge in [-0.2, -0.15) is 0 Å². The van der Waals surface area contributed by atoms with Crippen LogP contribution >= 0.6 is 0 Å². The van der Waals surface area contributed by atoms with E-state index in [2.05, 4.69) is 4.98 Å². The smallest absolute Gasteiger partial charge is 0.328 e. The van der Waals surface area contributed by atoms with E-state index in [1.54, 1.807) is 6.20 Å². The number of carboxylic acids is 1. The number of benzene rings is 1. The van der Waals surface area contributed by atoms with Gasteiger partial charge in [-0.3, -0.25) is 19.4 Å². The number of aromatic nitrogens is 1. The number of hydrogen-bond donors (Lipinski definition) is 1. The fraction of sp³-hybridized carbons (Fsp3) is 0.435. The van der Waals surface area contributed by atoms with E-state index in [0.717, 1.165) is 10.8 Å². The standard InChI is InChI=1S/C23H25N3O5/c1-14(27)25-12-17-7-4-6-16(11-20(28)26(17)19(13-25)23(30)31)22(29)21-18-8-3-2-5-15(18)9-10-24-21/h2-3,5,8-10,16-17,19H,4,6-7,11-13H2,1H3,(H,30,31). The van der Waals surface area contributed by atoms with Gasteiger partial charge in [-0.1, -0.05) is 30.7 Å². The number of carboxylic acid groups (broad SMARTS) is 1. The van der Waals surface area contributed by atoms with Gasteiger partial charge in [0.05, 0.1) is 12.6 Å². The maximum atomic E-state index is 13.3. The maximum absolute atomic E-state index is 13.3. The summed E-state index contributed by atoms with van der Waals surface area (Å²) in [6, 6.07) is 7.89. The Bertz CT molecular complexity index is 1050. The second kappa shape index (κ2) is 8.45. The molecule has 0 spiro atoms. The first-order valence-electron chi connectivity index (χ1n) is 10.5. The second-order valence-electron chi connectivity index (χ2n) is 8.31. The van der Waals surface area contributed by atoms with Crippen molar-refractivity contribution in [3.05, 3.63) is 42.2 Å². The van der Waals surface area contributed by atoms with E-state index in [4.69, 9.17) is 0 Å². The highest BCUT2D eigenvalue weighted by Crippen LogP contribution is 2.30. The highest BCUT2D eigenvalue weighted by molar-refractivity contribution is 6.08. The van der Waals surface area contributed by atoms with Gasteiger partial charge in [-0.15, -0.1) is 0 Å². The van der Waals surface area contributed by atoms with Crippen LogP contribution in [0.15, 0.2) is 36.5 Å². The average Bonchev–Trinajstić information content (AvgIpc) is 2.75. The highest BCUT2D eigenvalue weighted by atomic mass is 16.4. The molecule has 2 amide bonds. The summed E-state index contributed by atoms with van der Waals surface area (Å²) in [5.74, 6) is -2.41. The fourth-order valence-electron chi connectivity index (χ4n) is 4.78. The molecule has 1 aromatic carbocycles. The number of rotatable bonds is 3. The molecule has 1 N–H and O–H groups in total. The Balaban J connectivity index is 1.61. The number of amides is 2. The molecule has 4 rings (SSSR count). The van der Waals surface area contributed by atoms with Crippen LogP contribution in [0.5, 0.6) is 0 Å². The Labute approximate surface area is 179 Å². The summed E-state index contributed by atoms with van der Waals surface area (Å²) in [7, 11) is 0. The number of aliphatic carboxylic acids is 1. The molecule has 0 bridgehead atoms. The number of carbonyl (C=O) groups is 4. The molecule has 1 aromatic heterocycles. The quantitative estimate of drug-likeness (QED) is 0.758. The summed E-state index contributed by atoms with van der Waals surface area (Å²) in [6.07, 6.45) is 3.28. The summed E-state index contributed by atoms with van der Waals surface area (Å²) in [4.78, 5) is 57.5. The van der Waals surface area contributed by atoms with Crippen molar-refractivity contribution in [3.8, 4) is 0 Å². The zero-order valence-corrected chi connectivity index (χ0v) is 17.4. The number of hydrogen-bond acceptors (Lipinski definition) is 5. The first-order valence-corrected chi connectivity index (χ1v) is 10.5. The average molecular weight is 423 g/mol. The summed E-state index contributed by atoms with van der Waals surface area (Å²) in [5.41, 5.74) is 0.351. The Kier molecular flexibility index (Phi) is 5.71. The molecule has 2 aromatic rings. The number of piperazine rings is 1. The van der Waals surface area contributed by atoms with Gasteiger partial charge >= 0.3 is 5.97 Å². The van der Waals surface area contributed by atoms with Crippen molar-refractivity contribution < 1.29 is 24.3 Å². The van der Waals surface area contributed by atoms with Gasteiger partial charge in [0.25, 0.3) is 0 Å². The van der Waals surface area contributed by atoms with E-state index < -0.39 is 17.9 Å². The molecule has 0 radical (unpaired) electrons. The van der Waals surface area contributed by atoms with Crippen molar-refractivity contribution in [1.82, 2.24) is 14.8 Å². The molecule has 2 fully saturated rings. The number of carbonyl (C=O) groups excluding carboxylic acids is 3. The number of Topliss-reactive ketones (excluding diaryl/α,β-unsaturated/α-hetero) is 1. The van der Waals surface area contributed by atoms with Crippen LogP contribution in [0, 0.1) is 5.92 Å². The van der Waals surface area contributed by atoms with Crippen LogP contribution in [0.25, 0.3) is 10.8 Å². The van der Waals surface area contributed by atoms with Gasteiger partial charge in [0.1, 0.15) is 11.7 Å². The zero-order valence-electron chi connectivity index (χ0n) is 17.4. The van der Waals surface area contributed by atoms with E-state index in [-0.39, 0.29) is 36.6 Å². The zero-order chi connectivity index (χ0) is 22.1. The van der Waals surface area contributed by atoms with Crippen molar-refractivity contribution in [1.29, 1.82) is 0 Å². The van der Waals surface area contributed by atoms with E-state index in [1.807, 2.05) is 30.3 Å². The van der Waals surface area contributed by atoms with Crippen LogP contribution in [0.1, 0.15) is 43.1 Å². The lowest BCUT2D eigenvalue weighted by Gasteiger charge is -2.46. The normalized spacial score (nSPS) is 24.3. The van der Waals surface area contributed by atoms with Crippen LogP contribution in [0.4, 0.5) is 0 Å². The molecule has 31 heavy (non-hydrogen) atoms. The number of nitrogens with zero attached hydrogens (tertiary/aromatic N) is 3. The fourth-order valence-corrected chi connectivity index (χ4v) is 4.78. The third-order valence-electron chi connectivity index (χ3n) is 6.36. The largest absolute Gasteiger partial charge is 0.480 e. The minimum absolute atomic E-state index is 0.0314. The molecular formula is C23H25N3O5. The Morgan fingerprint density at radius 3 is 2.61 bits per heavy atom. The van der Waals surface area contributed by atoms with Crippen molar-refractivity contribution in [2.45, 2.75) is 44.7 Å². The van der Waals surface area contributed by atoms with Gasteiger partial charge in [0, 0.05) is 37.4 Å². The van der Waals surface area contributed by atoms with Gasteiger partial charge in [0.15, 0.2) is 5.78 Å². The molecule has 8 nitrogen and oxygen atoms in total. The summed E-state index contributed by atoms with van der Waals surface area (Å²) >= 11 is 0. The van der Waals surface area contributed by atoms with Gasteiger partial charge < -0.3 is 14.9 Å². The number of ketones is 1. The van der Waals surface area contributed by atoms with Gasteiger partial charge in [-0.05, 0) is 24.3 Å². The Hall–Kier alpha value is -3.29. The van der Waals surface area contributed by atoms with E-state index in [1.165, 1.54) is 16.7 Å². The third-order valence-corrected chi connectivity index (χ3v) is 6.36. The summed E-state index contributed by atoms with van der Waals surface area (Å²) in [5, 5.41) is 11.4.